The lowest BCUT2D eigenvalue weighted by molar-refractivity contribution is -0.125. The highest BCUT2D eigenvalue weighted by atomic mass is 35.5. The molecule has 14 heteroatoms. The molecule has 1 aromatic rings. The highest BCUT2D eigenvalue weighted by molar-refractivity contribution is 6.34. The van der Waals surface area contributed by atoms with Gasteiger partial charge in [-0.3, -0.25) is 14.4 Å². The number of hydrogen-bond donors (Lipinski definition) is 7. The van der Waals surface area contributed by atoms with Gasteiger partial charge >= 0.3 is 12.1 Å². The fourth-order valence-electron chi connectivity index (χ4n) is 3.60. The molecule has 0 aliphatic rings. The molecule has 40 heavy (non-hydrogen) atoms. The second-order valence-electron chi connectivity index (χ2n) is 10.2. The average molecular weight is 585 g/mol. The van der Waals surface area contributed by atoms with Crippen molar-refractivity contribution in [2.45, 2.75) is 83.9 Å². The molecule has 0 aliphatic carbocycles. The molecule has 0 radical (unpaired) electrons. The maximum atomic E-state index is 13.3. The van der Waals surface area contributed by atoms with E-state index in [0.717, 1.165) is 6.07 Å². The number of carboxylic acid groups (broad SMARTS) is 1. The number of carbonyl (C=O) groups is 5. The molecule has 0 bridgehead atoms. The number of unbranched alkanes of at least 4 members (excludes halogenated alkanes) is 2. The van der Waals surface area contributed by atoms with E-state index in [1.54, 1.807) is 20.8 Å². The third-order valence-corrected chi connectivity index (χ3v) is 5.76. The number of halogens is 1. The lowest BCUT2D eigenvalue weighted by Crippen LogP contribution is -2.46. The Morgan fingerprint density at radius 1 is 0.875 bits per heavy atom. The normalized spacial score (nSPS) is 12.6. The number of aromatic carboxylic acids is 1. The van der Waals surface area contributed by atoms with Crippen LogP contribution in [0.25, 0.3) is 0 Å². The summed E-state index contributed by atoms with van der Waals surface area (Å²) in [7, 11) is 0. The van der Waals surface area contributed by atoms with E-state index in [-0.39, 0.29) is 34.8 Å². The number of ether oxygens (including phenoxy) is 1. The summed E-state index contributed by atoms with van der Waals surface area (Å²) in [6, 6.07) is 0.318. The van der Waals surface area contributed by atoms with Gasteiger partial charge in [0.1, 0.15) is 17.7 Å². The second-order valence-corrected chi connectivity index (χ2v) is 10.6. The molecular formula is C26H41ClN6O7. The number of hydrogen-bond acceptors (Lipinski definition) is 8. The number of amides is 4. The van der Waals surface area contributed by atoms with Crippen LogP contribution in [0.3, 0.4) is 0 Å². The Balaban J connectivity index is 3.32. The monoisotopic (exact) mass is 584 g/mol. The average Bonchev–Trinajstić information content (AvgIpc) is 2.82. The first-order valence-electron chi connectivity index (χ1n) is 13.0. The minimum absolute atomic E-state index is 0.00769. The van der Waals surface area contributed by atoms with Crippen molar-refractivity contribution < 1.29 is 33.8 Å². The fraction of sp³-hybridized carbons (Fsp3) is 0.577. The van der Waals surface area contributed by atoms with Gasteiger partial charge in [0, 0.05) is 6.92 Å². The highest BCUT2D eigenvalue weighted by Gasteiger charge is 2.27. The van der Waals surface area contributed by atoms with E-state index < -0.39 is 47.5 Å². The van der Waals surface area contributed by atoms with E-state index in [1.807, 2.05) is 0 Å². The molecular weight excluding hydrogens is 544 g/mol. The highest BCUT2D eigenvalue weighted by Crippen LogP contribution is 2.30. The molecule has 0 saturated heterocycles. The molecule has 0 aromatic heterocycles. The molecule has 4 amide bonds. The smallest absolute Gasteiger partial charge is 0.408 e. The Bertz CT molecular complexity index is 1060. The molecule has 0 aliphatic heterocycles. The van der Waals surface area contributed by atoms with Crippen molar-refractivity contribution in [3.05, 3.63) is 22.7 Å². The van der Waals surface area contributed by atoms with Crippen LogP contribution in [0.4, 0.5) is 16.2 Å². The number of benzene rings is 1. The largest absolute Gasteiger partial charge is 0.478 e. The van der Waals surface area contributed by atoms with Crippen molar-refractivity contribution in [2.75, 3.05) is 23.7 Å². The third kappa shape index (κ3) is 12.6. The molecule has 224 valence electrons. The van der Waals surface area contributed by atoms with Crippen molar-refractivity contribution in [3.63, 3.8) is 0 Å². The number of nitrogens with two attached hydrogens (primary N) is 2. The molecule has 2 atom stereocenters. The van der Waals surface area contributed by atoms with Gasteiger partial charge in [-0.2, -0.15) is 0 Å². The van der Waals surface area contributed by atoms with Gasteiger partial charge in [-0.25, -0.2) is 9.59 Å². The predicted molar refractivity (Wildman–Crippen MR) is 152 cm³/mol. The molecule has 9 N–H and O–H groups in total. The summed E-state index contributed by atoms with van der Waals surface area (Å²) < 4.78 is 5.27. The van der Waals surface area contributed by atoms with Gasteiger partial charge in [0.05, 0.1) is 22.0 Å². The summed E-state index contributed by atoms with van der Waals surface area (Å²) in [6.45, 7) is 7.11. The van der Waals surface area contributed by atoms with Crippen LogP contribution in [-0.2, 0) is 19.1 Å². The van der Waals surface area contributed by atoms with Gasteiger partial charge in [-0.1, -0.05) is 11.6 Å². The van der Waals surface area contributed by atoms with Crippen LogP contribution in [-0.4, -0.2) is 65.7 Å². The molecule has 1 rings (SSSR count). The summed E-state index contributed by atoms with van der Waals surface area (Å²) in [4.78, 5) is 62.2. The first kappa shape index (κ1) is 34.6. The van der Waals surface area contributed by atoms with Crippen LogP contribution in [0, 0.1) is 0 Å². The molecule has 0 spiro atoms. The second kappa shape index (κ2) is 16.6. The van der Waals surface area contributed by atoms with Crippen LogP contribution in [0.2, 0.25) is 5.02 Å². The van der Waals surface area contributed by atoms with Gasteiger partial charge in [0.2, 0.25) is 17.7 Å². The zero-order chi connectivity index (χ0) is 30.5. The summed E-state index contributed by atoms with van der Waals surface area (Å²) in [5.74, 6) is -3.07. The molecule has 0 unspecified atom stereocenters. The maximum absolute atomic E-state index is 13.3. The SMILES string of the molecule is CC(=O)N[C@@H](CCCCN)C(=O)Nc1cc(C(=O)O)c(Cl)cc1NC(=O)[C@H](CCCCN)NC(=O)OC(C)(C)C. The minimum Gasteiger partial charge on any atom is -0.478 e. The van der Waals surface area contributed by atoms with Crippen LogP contribution in [0.1, 0.15) is 76.6 Å². The van der Waals surface area contributed by atoms with Crippen molar-refractivity contribution in [1.29, 1.82) is 0 Å². The fourth-order valence-corrected chi connectivity index (χ4v) is 3.85. The Kier molecular flexibility index (Phi) is 14.4. The summed E-state index contributed by atoms with van der Waals surface area (Å²) in [6.07, 6.45) is 2.03. The van der Waals surface area contributed by atoms with Gasteiger partial charge in [0.25, 0.3) is 0 Å². The lowest BCUT2D eigenvalue weighted by Gasteiger charge is -2.24. The van der Waals surface area contributed by atoms with Crippen LogP contribution in [0.15, 0.2) is 12.1 Å². The number of rotatable bonds is 15. The Hall–Kier alpha value is -3.42. The third-order valence-electron chi connectivity index (χ3n) is 5.45. The zero-order valence-corrected chi connectivity index (χ0v) is 24.2. The van der Waals surface area contributed by atoms with Crippen LogP contribution < -0.4 is 32.7 Å². The van der Waals surface area contributed by atoms with Crippen molar-refractivity contribution in [3.8, 4) is 0 Å². The minimum atomic E-state index is -1.36. The summed E-state index contributed by atoms with van der Waals surface area (Å²) in [5.41, 5.74) is 9.91. The summed E-state index contributed by atoms with van der Waals surface area (Å²) in [5, 5.41) is 19.6. The van der Waals surface area contributed by atoms with Gasteiger partial charge in [-0.15, -0.1) is 0 Å². The topological polar surface area (TPSA) is 215 Å². The molecule has 0 saturated carbocycles. The number of anilines is 2. The number of carbonyl (C=O) groups excluding carboxylic acids is 4. The first-order chi connectivity index (χ1) is 18.7. The van der Waals surface area contributed by atoms with E-state index in [0.29, 0.717) is 38.8 Å². The standard InChI is InChI=1S/C26H41ClN6O7/c1-15(34)30-18(9-5-7-11-28)22(35)31-20-13-16(24(37)38)17(27)14-21(20)32-23(36)19(10-6-8-12-29)33-25(39)40-26(2,3)4/h13-14,18-19H,5-12,28-29H2,1-4H3,(H,30,34)(H,31,35)(H,32,36)(H,33,39)(H,37,38)/t18-,19-/m0/s1. The molecule has 0 fully saturated rings. The molecule has 1 aromatic carbocycles. The van der Waals surface area contributed by atoms with Gasteiger partial charge in [0.15, 0.2) is 0 Å². The quantitative estimate of drug-likeness (QED) is 0.150. The number of carboxylic acids is 1. The first-order valence-corrected chi connectivity index (χ1v) is 13.4. The molecule has 13 nitrogen and oxygen atoms in total. The Morgan fingerprint density at radius 2 is 1.35 bits per heavy atom. The Labute approximate surface area is 239 Å². The molecule has 0 heterocycles. The number of nitrogens with one attached hydrogen (secondary N) is 4. The van der Waals surface area contributed by atoms with Crippen molar-refractivity contribution >= 4 is 52.8 Å². The van der Waals surface area contributed by atoms with Crippen LogP contribution in [0.5, 0.6) is 0 Å². The lowest BCUT2D eigenvalue weighted by atomic mass is 10.1. The summed E-state index contributed by atoms with van der Waals surface area (Å²) >= 11 is 6.15. The maximum Gasteiger partial charge on any atom is 0.408 e. The van der Waals surface area contributed by atoms with Gasteiger partial charge < -0.3 is 42.6 Å². The zero-order valence-electron chi connectivity index (χ0n) is 23.4. The number of alkyl carbamates (subject to hydrolysis) is 1. The van der Waals surface area contributed by atoms with E-state index in [2.05, 4.69) is 21.3 Å². The Morgan fingerprint density at radius 3 is 1.77 bits per heavy atom. The van der Waals surface area contributed by atoms with E-state index in [4.69, 9.17) is 27.8 Å². The van der Waals surface area contributed by atoms with Crippen LogP contribution >= 0.6 is 11.6 Å². The van der Waals surface area contributed by atoms with E-state index >= 15 is 0 Å². The van der Waals surface area contributed by atoms with E-state index in [1.165, 1.54) is 13.0 Å². The predicted octanol–water partition coefficient (Wildman–Crippen LogP) is 2.57. The van der Waals surface area contributed by atoms with Crippen molar-refractivity contribution in [1.82, 2.24) is 10.6 Å². The van der Waals surface area contributed by atoms with Gasteiger partial charge in [-0.05, 0) is 84.5 Å². The van der Waals surface area contributed by atoms with E-state index in [9.17, 15) is 29.1 Å². The van der Waals surface area contributed by atoms with Crippen molar-refractivity contribution in [2.24, 2.45) is 11.5 Å².